The quantitative estimate of drug-likeness (QED) is 0.403. The molecule has 0 fully saturated rings. The molecule has 7 nitrogen and oxygen atoms in total. The van der Waals surface area contributed by atoms with E-state index in [1.165, 1.54) is 6.92 Å². The number of esters is 1. The van der Waals surface area contributed by atoms with E-state index < -0.39 is 30.3 Å². The number of carbonyl (C=O) groups excluding carboxylic acids is 3. The number of Topliss-reactive ketones (excluding diaryl/α,β-unsaturated/α-hetero) is 1. The number of nitriles is 1. The summed E-state index contributed by atoms with van der Waals surface area (Å²) < 4.78 is 5.06. The Labute approximate surface area is 168 Å². The van der Waals surface area contributed by atoms with Crippen molar-refractivity contribution in [3.8, 4) is 6.07 Å². The topological polar surface area (TPSA) is 122 Å². The molecule has 0 aliphatic heterocycles. The van der Waals surface area contributed by atoms with Gasteiger partial charge in [0.2, 0.25) is 5.78 Å². The largest absolute Gasteiger partial charge is 0.456 e. The molecule has 29 heavy (non-hydrogen) atoms. The van der Waals surface area contributed by atoms with Crippen LogP contribution in [0.25, 0.3) is 0 Å². The Balaban J connectivity index is 2.12. The Hall–Kier alpha value is -3.92. The Bertz CT molecular complexity index is 943. The van der Waals surface area contributed by atoms with Crippen molar-refractivity contribution in [2.75, 3.05) is 6.61 Å². The summed E-state index contributed by atoms with van der Waals surface area (Å²) in [5.74, 6) is -1.92. The third-order valence-electron chi connectivity index (χ3n) is 4.04. The molecule has 0 aliphatic carbocycles. The van der Waals surface area contributed by atoms with E-state index in [-0.39, 0.29) is 17.7 Å². The minimum atomic E-state index is -1.01. The first-order chi connectivity index (χ1) is 13.9. The van der Waals surface area contributed by atoms with Gasteiger partial charge in [-0.2, -0.15) is 5.26 Å². The van der Waals surface area contributed by atoms with E-state index in [1.807, 2.05) is 30.3 Å². The molecule has 0 heterocycles. The van der Waals surface area contributed by atoms with Crippen LogP contribution in [0.3, 0.4) is 0 Å². The zero-order valence-corrected chi connectivity index (χ0v) is 15.9. The van der Waals surface area contributed by atoms with Crippen LogP contribution in [0.2, 0.25) is 0 Å². The number of rotatable bonds is 8. The lowest BCUT2D eigenvalue weighted by Crippen LogP contribution is -2.44. The lowest BCUT2D eigenvalue weighted by atomic mass is 10.1. The highest BCUT2D eigenvalue weighted by Crippen LogP contribution is 2.08. The van der Waals surface area contributed by atoms with Crippen molar-refractivity contribution in [1.82, 2.24) is 5.32 Å². The van der Waals surface area contributed by atoms with E-state index in [4.69, 9.17) is 15.7 Å². The molecular formula is C22H21N3O4. The van der Waals surface area contributed by atoms with E-state index in [0.29, 0.717) is 5.56 Å². The fraction of sp³-hybridized carbons (Fsp3) is 0.182. The fourth-order valence-corrected chi connectivity index (χ4v) is 2.55. The van der Waals surface area contributed by atoms with Gasteiger partial charge in [-0.1, -0.05) is 48.5 Å². The normalized spacial score (nSPS) is 12.1. The number of nitrogens with one attached hydrogen (secondary N) is 1. The molecule has 7 heteroatoms. The molecule has 0 spiro atoms. The van der Waals surface area contributed by atoms with E-state index in [0.717, 1.165) is 5.56 Å². The van der Waals surface area contributed by atoms with Crippen molar-refractivity contribution in [2.45, 2.75) is 19.4 Å². The minimum Gasteiger partial charge on any atom is -0.456 e. The summed E-state index contributed by atoms with van der Waals surface area (Å²) in [6.45, 7) is 0.777. The average Bonchev–Trinajstić information content (AvgIpc) is 2.73. The zero-order chi connectivity index (χ0) is 21.2. The second-order valence-corrected chi connectivity index (χ2v) is 6.28. The van der Waals surface area contributed by atoms with Crippen LogP contribution in [0.15, 0.2) is 71.9 Å². The summed E-state index contributed by atoms with van der Waals surface area (Å²) >= 11 is 0. The molecule has 2 aromatic rings. The minimum absolute atomic E-state index is 0.0479. The third kappa shape index (κ3) is 6.33. The number of hydrogen-bond acceptors (Lipinski definition) is 6. The second kappa shape index (κ2) is 10.4. The van der Waals surface area contributed by atoms with E-state index in [9.17, 15) is 14.4 Å². The highest BCUT2D eigenvalue weighted by atomic mass is 16.5. The SMILES string of the molecule is C/C(N)=C(/C#N)C(=O)COC(=O)C(Cc1ccccc1)NC(=O)c1ccccc1. The molecule has 2 aromatic carbocycles. The number of amides is 1. The van der Waals surface area contributed by atoms with Gasteiger partial charge in [0.25, 0.3) is 5.91 Å². The van der Waals surface area contributed by atoms with Crippen LogP contribution in [-0.4, -0.2) is 30.3 Å². The van der Waals surface area contributed by atoms with E-state index >= 15 is 0 Å². The molecule has 0 aromatic heterocycles. The van der Waals surface area contributed by atoms with Crippen molar-refractivity contribution in [3.05, 3.63) is 83.1 Å². The van der Waals surface area contributed by atoms with Gasteiger partial charge in [0.1, 0.15) is 17.7 Å². The number of hydrogen-bond donors (Lipinski definition) is 2. The monoisotopic (exact) mass is 391 g/mol. The summed E-state index contributed by atoms with van der Waals surface area (Å²) in [5.41, 5.74) is 6.48. The number of nitrogens with zero attached hydrogens (tertiary/aromatic N) is 1. The average molecular weight is 391 g/mol. The van der Waals surface area contributed by atoms with Gasteiger partial charge in [-0.05, 0) is 24.6 Å². The third-order valence-corrected chi connectivity index (χ3v) is 4.04. The van der Waals surface area contributed by atoms with Crippen LogP contribution >= 0.6 is 0 Å². The highest BCUT2D eigenvalue weighted by molar-refractivity contribution is 6.01. The number of benzene rings is 2. The Kier molecular flexibility index (Phi) is 7.68. The number of ether oxygens (including phenoxy) is 1. The molecule has 1 unspecified atom stereocenters. The van der Waals surface area contributed by atoms with Crippen LogP contribution in [0.1, 0.15) is 22.8 Å². The van der Waals surface area contributed by atoms with Gasteiger partial charge in [-0.3, -0.25) is 9.59 Å². The van der Waals surface area contributed by atoms with Crippen LogP contribution in [-0.2, 0) is 20.7 Å². The summed E-state index contributed by atoms with van der Waals surface area (Å²) in [5, 5.41) is 11.6. The summed E-state index contributed by atoms with van der Waals surface area (Å²) in [6, 6.07) is 18.2. The maximum Gasteiger partial charge on any atom is 0.329 e. The molecule has 1 atom stereocenters. The van der Waals surface area contributed by atoms with E-state index in [1.54, 1.807) is 36.4 Å². The van der Waals surface area contributed by atoms with Crippen molar-refractivity contribution in [1.29, 1.82) is 5.26 Å². The van der Waals surface area contributed by atoms with Gasteiger partial charge >= 0.3 is 5.97 Å². The lowest BCUT2D eigenvalue weighted by Gasteiger charge is -2.18. The predicted molar refractivity (Wildman–Crippen MR) is 106 cm³/mol. The number of carbonyl (C=O) groups is 3. The van der Waals surface area contributed by atoms with Gasteiger partial charge < -0.3 is 15.8 Å². The molecule has 0 saturated carbocycles. The summed E-state index contributed by atoms with van der Waals surface area (Å²) in [7, 11) is 0. The molecule has 2 rings (SSSR count). The number of nitrogens with two attached hydrogens (primary N) is 1. The van der Waals surface area contributed by atoms with Crippen molar-refractivity contribution in [2.24, 2.45) is 5.73 Å². The molecule has 0 aliphatic rings. The summed E-state index contributed by atoms with van der Waals surface area (Å²) in [6.07, 6.45) is 0.184. The number of allylic oxidation sites excluding steroid dienone is 1. The fourth-order valence-electron chi connectivity index (χ4n) is 2.55. The first kappa shape index (κ1) is 21.4. The van der Waals surface area contributed by atoms with Crippen molar-refractivity contribution >= 4 is 17.7 Å². The molecule has 3 N–H and O–H groups in total. The molecule has 0 radical (unpaired) electrons. The smallest absolute Gasteiger partial charge is 0.329 e. The maximum absolute atomic E-state index is 12.6. The molecule has 1 amide bonds. The lowest BCUT2D eigenvalue weighted by molar-refractivity contribution is -0.149. The Morgan fingerprint density at radius 1 is 1.07 bits per heavy atom. The van der Waals surface area contributed by atoms with Gasteiger partial charge in [0.05, 0.1) is 0 Å². The number of ketones is 1. The second-order valence-electron chi connectivity index (χ2n) is 6.28. The molecule has 148 valence electrons. The van der Waals surface area contributed by atoms with Crippen molar-refractivity contribution < 1.29 is 19.1 Å². The zero-order valence-electron chi connectivity index (χ0n) is 15.9. The molecular weight excluding hydrogens is 370 g/mol. The van der Waals surface area contributed by atoms with Crippen LogP contribution in [0, 0.1) is 11.3 Å². The van der Waals surface area contributed by atoms with Gasteiger partial charge in [-0.15, -0.1) is 0 Å². The van der Waals surface area contributed by atoms with Gasteiger partial charge in [0.15, 0.2) is 6.61 Å². The van der Waals surface area contributed by atoms with E-state index in [2.05, 4.69) is 5.32 Å². The van der Waals surface area contributed by atoms with Crippen LogP contribution < -0.4 is 11.1 Å². The predicted octanol–water partition coefficient (Wildman–Crippen LogP) is 1.90. The standard InChI is InChI=1S/C22H21N3O4/c1-15(24)18(13-23)20(26)14-29-22(28)19(12-16-8-4-2-5-9-16)25-21(27)17-10-6-3-7-11-17/h2-11,19H,12,14,24H2,1H3,(H,25,27)/b18-15+. The Morgan fingerprint density at radius 3 is 2.21 bits per heavy atom. The summed E-state index contributed by atoms with van der Waals surface area (Å²) in [4.78, 5) is 37.1. The first-order valence-electron chi connectivity index (χ1n) is 8.88. The van der Waals surface area contributed by atoms with Gasteiger partial charge in [0, 0.05) is 17.7 Å². The highest BCUT2D eigenvalue weighted by Gasteiger charge is 2.25. The van der Waals surface area contributed by atoms with Crippen LogP contribution in [0.4, 0.5) is 0 Å². The first-order valence-corrected chi connectivity index (χ1v) is 8.88. The maximum atomic E-state index is 12.6. The van der Waals surface area contributed by atoms with Crippen LogP contribution in [0.5, 0.6) is 0 Å². The van der Waals surface area contributed by atoms with Gasteiger partial charge in [-0.25, -0.2) is 4.79 Å². The Morgan fingerprint density at radius 2 is 1.66 bits per heavy atom. The van der Waals surface area contributed by atoms with Crippen molar-refractivity contribution in [3.63, 3.8) is 0 Å². The molecule has 0 saturated heterocycles. The molecule has 0 bridgehead atoms.